The maximum absolute atomic E-state index is 13.0. The number of ether oxygens (including phenoxy) is 1. The summed E-state index contributed by atoms with van der Waals surface area (Å²) in [5, 5.41) is 0.706. The molecule has 0 unspecified atom stereocenters. The summed E-state index contributed by atoms with van der Waals surface area (Å²) in [6.45, 7) is 3.66. The second kappa shape index (κ2) is 8.82. The summed E-state index contributed by atoms with van der Waals surface area (Å²) in [7, 11) is 0. The number of carbonyl (C=O) groups is 2. The van der Waals surface area contributed by atoms with Crippen LogP contribution in [0.4, 0.5) is 0 Å². The molecular weight excluding hydrogens is 454 g/mol. The molecule has 1 aromatic heterocycles. The van der Waals surface area contributed by atoms with E-state index >= 15 is 0 Å². The zero-order chi connectivity index (χ0) is 22.0. The molecule has 0 atom stereocenters. The van der Waals surface area contributed by atoms with Crippen molar-refractivity contribution in [1.82, 2.24) is 4.98 Å². The van der Waals surface area contributed by atoms with E-state index in [9.17, 15) is 9.59 Å². The minimum Gasteiger partial charge on any atom is -0.454 e. The molecule has 4 nitrogen and oxygen atoms in total. The molecular formula is C26H20BrNO3. The van der Waals surface area contributed by atoms with Gasteiger partial charge in [-0.15, -0.1) is 0 Å². The predicted molar refractivity (Wildman–Crippen MR) is 125 cm³/mol. The SMILES string of the molecule is Cc1ccc(-c2cc(C(=O)OCC(=O)c3ccc(Br)cc3)c3cccc(C)c3n2)cc1. The van der Waals surface area contributed by atoms with Gasteiger partial charge in [0.2, 0.25) is 0 Å². The summed E-state index contributed by atoms with van der Waals surface area (Å²) < 4.78 is 6.28. The molecule has 0 saturated heterocycles. The molecule has 4 rings (SSSR count). The number of hydrogen-bond acceptors (Lipinski definition) is 4. The fourth-order valence-electron chi connectivity index (χ4n) is 3.36. The zero-order valence-corrected chi connectivity index (χ0v) is 18.8. The third kappa shape index (κ3) is 4.57. The van der Waals surface area contributed by atoms with Crippen molar-refractivity contribution in [3.05, 3.63) is 99.5 Å². The number of Topliss-reactive ketones (excluding diaryl/α,β-unsaturated/α-hetero) is 1. The summed E-state index contributed by atoms with van der Waals surface area (Å²) in [5.41, 5.74) is 5.34. The maximum Gasteiger partial charge on any atom is 0.339 e. The van der Waals surface area contributed by atoms with Crippen molar-refractivity contribution in [2.45, 2.75) is 13.8 Å². The fourth-order valence-corrected chi connectivity index (χ4v) is 3.63. The van der Waals surface area contributed by atoms with Crippen molar-refractivity contribution in [2.75, 3.05) is 6.61 Å². The van der Waals surface area contributed by atoms with Gasteiger partial charge >= 0.3 is 5.97 Å². The number of aromatic nitrogens is 1. The van der Waals surface area contributed by atoms with Crippen LogP contribution >= 0.6 is 15.9 Å². The number of hydrogen-bond donors (Lipinski definition) is 0. The first-order valence-electron chi connectivity index (χ1n) is 9.85. The molecule has 0 saturated carbocycles. The Morgan fingerprint density at radius 1 is 0.935 bits per heavy atom. The largest absolute Gasteiger partial charge is 0.454 e. The van der Waals surface area contributed by atoms with Crippen molar-refractivity contribution >= 4 is 38.6 Å². The number of para-hydroxylation sites is 1. The molecule has 0 amide bonds. The quantitative estimate of drug-likeness (QED) is 0.251. The number of halogens is 1. The maximum atomic E-state index is 13.0. The first-order chi connectivity index (χ1) is 14.9. The van der Waals surface area contributed by atoms with Gasteiger partial charge in [-0.2, -0.15) is 0 Å². The molecule has 1 heterocycles. The number of aryl methyl sites for hydroxylation is 2. The van der Waals surface area contributed by atoms with Crippen LogP contribution in [0.15, 0.2) is 77.3 Å². The Labute approximate surface area is 189 Å². The third-order valence-electron chi connectivity index (χ3n) is 5.11. The van der Waals surface area contributed by atoms with E-state index in [0.717, 1.165) is 26.7 Å². The van der Waals surface area contributed by atoms with E-state index in [1.165, 1.54) is 0 Å². The van der Waals surface area contributed by atoms with Crippen LogP contribution in [-0.2, 0) is 4.74 Å². The number of carbonyl (C=O) groups excluding carboxylic acids is 2. The van der Waals surface area contributed by atoms with Crippen LogP contribution in [0.5, 0.6) is 0 Å². The molecule has 154 valence electrons. The molecule has 31 heavy (non-hydrogen) atoms. The van der Waals surface area contributed by atoms with Crippen molar-refractivity contribution in [3.8, 4) is 11.3 Å². The molecule has 0 spiro atoms. The van der Waals surface area contributed by atoms with E-state index < -0.39 is 5.97 Å². The van der Waals surface area contributed by atoms with Gasteiger partial charge in [0.05, 0.1) is 16.8 Å². The number of benzene rings is 3. The summed E-state index contributed by atoms with van der Waals surface area (Å²) in [6.07, 6.45) is 0. The Hall–Kier alpha value is -3.31. The van der Waals surface area contributed by atoms with Crippen LogP contribution < -0.4 is 0 Å². The topological polar surface area (TPSA) is 56.3 Å². The molecule has 0 radical (unpaired) electrons. The Bertz CT molecular complexity index is 1280. The second-order valence-corrected chi connectivity index (χ2v) is 8.31. The van der Waals surface area contributed by atoms with Crippen LogP contribution in [0, 0.1) is 13.8 Å². The lowest BCUT2D eigenvalue weighted by atomic mass is 10.0. The fraction of sp³-hybridized carbons (Fsp3) is 0.115. The molecule has 0 N–H and O–H groups in total. The van der Waals surface area contributed by atoms with E-state index in [1.54, 1.807) is 30.3 Å². The zero-order valence-electron chi connectivity index (χ0n) is 17.2. The van der Waals surface area contributed by atoms with Gasteiger partial charge in [-0.05, 0) is 37.6 Å². The van der Waals surface area contributed by atoms with Gasteiger partial charge in [-0.25, -0.2) is 9.78 Å². The average Bonchev–Trinajstić information content (AvgIpc) is 2.78. The van der Waals surface area contributed by atoms with E-state index in [4.69, 9.17) is 9.72 Å². The molecule has 0 aliphatic rings. The highest BCUT2D eigenvalue weighted by atomic mass is 79.9. The standard InChI is InChI=1S/C26H20BrNO3/c1-16-6-8-18(9-7-16)23-14-22(21-5-3-4-17(2)25(21)28-23)26(30)31-15-24(29)19-10-12-20(27)13-11-19/h3-14H,15H2,1-2H3. The minimum absolute atomic E-state index is 0.255. The number of ketones is 1. The van der Waals surface area contributed by atoms with Crippen LogP contribution in [0.1, 0.15) is 31.8 Å². The monoisotopic (exact) mass is 473 g/mol. The first kappa shape index (κ1) is 20.9. The summed E-state index contributed by atoms with van der Waals surface area (Å²) in [4.78, 5) is 30.2. The smallest absolute Gasteiger partial charge is 0.339 e. The van der Waals surface area contributed by atoms with Gasteiger partial charge < -0.3 is 4.74 Å². The van der Waals surface area contributed by atoms with Crippen LogP contribution in [0.2, 0.25) is 0 Å². The van der Waals surface area contributed by atoms with Crippen LogP contribution in [0.25, 0.3) is 22.2 Å². The van der Waals surface area contributed by atoms with E-state index in [1.807, 2.05) is 56.3 Å². The van der Waals surface area contributed by atoms with E-state index in [0.29, 0.717) is 22.2 Å². The van der Waals surface area contributed by atoms with Crippen molar-refractivity contribution in [1.29, 1.82) is 0 Å². The number of fused-ring (bicyclic) bond motifs is 1. The van der Waals surface area contributed by atoms with E-state index in [-0.39, 0.29) is 12.4 Å². The van der Waals surface area contributed by atoms with Gasteiger partial charge in [0.1, 0.15) is 0 Å². The molecule has 3 aromatic carbocycles. The minimum atomic E-state index is -0.545. The van der Waals surface area contributed by atoms with Gasteiger partial charge in [-0.1, -0.05) is 76.1 Å². The van der Waals surface area contributed by atoms with Crippen molar-refractivity contribution in [2.24, 2.45) is 0 Å². The highest BCUT2D eigenvalue weighted by Gasteiger charge is 2.18. The normalized spacial score (nSPS) is 10.8. The lowest BCUT2D eigenvalue weighted by Gasteiger charge is -2.11. The Balaban J connectivity index is 1.67. The Morgan fingerprint density at radius 2 is 1.65 bits per heavy atom. The average molecular weight is 474 g/mol. The third-order valence-corrected chi connectivity index (χ3v) is 5.64. The van der Waals surface area contributed by atoms with Gasteiger partial charge in [0, 0.05) is 21.0 Å². The summed E-state index contributed by atoms with van der Waals surface area (Å²) >= 11 is 3.34. The number of esters is 1. The highest BCUT2D eigenvalue weighted by Crippen LogP contribution is 2.27. The highest BCUT2D eigenvalue weighted by molar-refractivity contribution is 9.10. The van der Waals surface area contributed by atoms with Crippen LogP contribution in [0.3, 0.4) is 0 Å². The molecule has 0 bridgehead atoms. The van der Waals surface area contributed by atoms with E-state index in [2.05, 4.69) is 15.9 Å². The number of pyridine rings is 1. The van der Waals surface area contributed by atoms with Gasteiger partial charge in [0.15, 0.2) is 12.4 Å². The second-order valence-electron chi connectivity index (χ2n) is 7.40. The lowest BCUT2D eigenvalue weighted by molar-refractivity contribution is 0.0476. The first-order valence-corrected chi connectivity index (χ1v) is 10.6. The lowest BCUT2D eigenvalue weighted by Crippen LogP contribution is -2.15. The molecule has 5 heteroatoms. The molecule has 0 fully saturated rings. The van der Waals surface area contributed by atoms with Crippen LogP contribution in [-0.4, -0.2) is 23.3 Å². The molecule has 0 aliphatic heterocycles. The Kier molecular flexibility index (Phi) is 5.96. The molecule has 0 aliphatic carbocycles. The number of nitrogens with zero attached hydrogens (tertiary/aromatic N) is 1. The Morgan fingerprint density at radius 3 is 2.35 bits per heavy atom. The van der Waals surface area contributed by atoms with Gasteiger partial charge in [-0.3, -0.25) is 4.79 Å². The summed E-state index contributed by atoms with van der Waals surface area (Å²) in [5.74, 6) is -0.800. The predicted octanol–water partition coefficient (Wildman–Crippen LogP) is 6.32. The van der Waals surface area contributed by atoms with Crippen molar-refractivity contribution in [3.63, 3.8) is 0 Å². The number of rotatable bonds is 5. The molecule has 4 aromatic rings. The van der Waals surface area contributed by atoms with Gasteiger partial charge in [0.25, 0.3) is 0 Å². The summed E-state index contributed by atoms with van der Waals surface area (Å²) in [6, 6.07) is 22.4. The van der Waals surface area contributed by atoms with Crippen molar-refractivity contribution < 1.29 is 14.3 Å².